The second-order valence-electron chi connectivity index (χ2n) is 12.3. The second kappa shape index (κ2) is 12.5. The molecule has 6 rings (SSSR count). The summed E-state index contributed by atoms with van der Waals surface area (Å²) in [6.45, 7) is 8.28. The maximum absolute atomic E-state index is 14.1. The van der Waals surface area contributed by atoms with Crippen molar-refractivity contribution < 1.29 is 31.1 Å². The van der Waals surface area contributed by atoms with Crippen LogP contribution < -0.4 is 4.90 Å². The van der Waals surface area contributed by atoms with Crippen LogP contribution in [0.25, 0.3) is 5.65 Å². The van der Waals surface area contributed by atoms with Gasteiger partial charge in [0, 0.05) is 44.0 Å². The van der Waals surface area contributed by atoms with E-state index in [0.717, 1.165) is 41.3 Å². The quantitative estimate of drug-likeness (QED) is 0.232. The highest BCUT2D eigenvalue weighted by Gasteiger charge is 2.40. The molecule has 2 aliphatic heterocycles. The number of anilines is 1. The van der Waals surface area contributed by atoms with Gasteiger partial charge in [-0.15, -0.1) is 10.2 Å². The summed E-state index contributed by atoms with van der Waals surface area (Å²) in [5.41, 5.74) is 3.38. The fraction of sp³-hybridized carbons (Fsp3) is 0.455. The lowest BCUT2D eigenvalue weighted by Gasteiger charge is -2.36. The highest BCUT2D eigenvalue weighted by Crippen LogP contribution is 2.39. The lowest BCUT2D eigenvalue weighted by Crippen LogP contribution is -2.45. The van der Waals surface area contributed by atoms with Gasteiger partial charge < -0.3 is 9.64 Å². The first-order valence-corrected chi connectivity index (χ1v) is 17.2. The largest absolute Gasteiger partial charge is 0.466 e. The number of aromatic nitrogens is 4. The molecule has 1 aromatic carbocycles. The number of alkyl halides is 3. The third kappa shape index (κ3) is 5.97. The number of benzene rings is 1. The van der Waals surface area contributed by atoms with Crippen molar-refractivity contribution in [1.82, 2.24) is 23.9 Å². The molecule has 14 heteroatoms. The molecule has 3 atom stereocenters. The van der Waals surface area contributed by atoms with Gasteiger partial charge in [0.25, 0.3) is 0 Å². The van der Waals surface area contributed by atoms with Crippen LogP contribution in [-0.4, -0.2) is 64.0 Å². The summed E-state index contributed by atoms with van der Waals surface area (Å²) in [7, 11) is -3.91. The Morgan fingerprint density at radius 3 is 2.66 bits per heavy atom. The van der Waals surface area contributed by atoms with E-state index in [0.29, 0.717) is 29.1 Å². The molecule has 2 aliphatic rings. The molecule has 1 fully saturated rings. The summed E-state index contributed by atoms with van der Waals surface area (Å²) in [6.07, 6.45) is 1.00. The summed E-state index contributed by atoms with van der Waals surface area (Å²) >= 11 is 0. The molecule has 0 spiro atoms. The van der Waals surface area contributed by atoms with Crippen LogP contribution in [0, 0.1) is 19.8 Å². The Labute approximate surface area is 271 Å². The van der Waals surface area contributed by atoms with Gasteiger partial charge in [-0.3, -0.25) is 9.20 Å². The van der Waals surface area contributed by atoms with Crippen LogP contribution >= 0.6 is 0 Å². The number of esters is 1. The zero-order valence-corrected chi connectivity index (χ0v) is 27.5. The van der Waals surface area contributed by atoms with Crippen molar-refractivity contribution in [2.45, 2.75) is 76.5 Å². The lowest BCUT2D eigenvalue weighted by atomic mass is 9.79. The van der Waals surface area contributed by atoms with Crippen LogP contribution in [0.4, 0.5) is 19.0 Å². The molecular formula is C33H37F3N6O4S. The van der Waals surface area contributed by atoms with E-state index in [4.69, 9.17) is 4.74 Å². The Morgan fingerprint density at radius 1 is 1.13 bits per heavy atom. The maximum Gasteiger partial charge on any atom is 0.452 e. The number of carbonyl (C=O) groups is 1. The third-order valence-corrected chi connectivity index (χ3v) is 11.2. The average Bonchev–Trinajstić information content (AvgIpc) is 3.46. The van der Waals surface area contributed by atoms with E-state index in [9.17, 15) is 26.4 Å². The van der Waals surface area contributed by atoms with E-state index in [2.05, 4.69) is 20.1 Å². The number of rotatable bonds is 7. The van der Waals surface area contributed by atoms with Crippen molar-refractivity contribution >= 4 is 27.5 Å². The molecule has 47 heavy (non-hydrogen) atoms. The van der Waals surface area contributed by atoms with E-state index in [-0.39, 0.29) is 29.7 Å². The first-order chi connectivity index (χ1) is 22.3. The molecule has 2 unspecified atom stereocenters. The van der Waals surface area contributed by atoms with Crippen LogP contribution in [0.15, 0.2) is 53.7 Å². The molecular weight excluding hydrogens is 633 g/mol. The average molecular weight is 671 g/mol. The molecule has 0 aliphatic carbocycles. The van der Waals surface area contributed by atoms with Gasteiger partial charge in [-0.2, -0.15) is 17.5 Å². The standard InChI is InChI=1S/C33H37F3N6O4S/c1-5-46-31(43)22(4)28(26-13-16-42-29(21(26)3)38-39-32(42)33(34,35)36)23-12-11-20(2)24(17-23)18-40-19-25-9-6-7-15-41(25)30-27(47(40,44)45)10-8-14-37-30/h8,10-14,16-17,22,25,28H,5-7,9,15,18-19H2,1-4H3/t22?,25-,28?/m0/s1. The minimum absolute atomic E-state index is 0.0196. The molecule has 250 valence electrons. The van der Waals surface area contributed by atoms with Crippen molar-refractivity contribution in [3.05, 3.63) is 82.4 Å². The number of halogens is 3. The number of carbonyl (C=O) groups excluding carboxylic acids is 1. The van der Waals surface area contributed by atoms with Crippen molar-refractivity contribution in [1.29, 1.82) is 0 Å². The minimum atomic E-state index is -4.70. The molecule has 0 radical (unpaired) electrons. The smallest absolute Gasteiger partial charge is 0.452 e. The van der Waals surface area contributed by atoms with Gasteiger partial charge in [-0.1, -0.05) is 25.1 Å². The van der Waals surface area contributed by atoms with Crippen molar-refractivity contribution in [2.24, 2.45) is 5.92 Å². The van der Waals surface area contributed by atoms with Crippen LogP contribution in [0.5, 0.6) is 0 Å². The summed E-state index contributed by atoms with van der Waals surface area (Å²) in [6, 6.07) is 10.4. The zero-order valence-electron chi connectivity index (χ0n) is 26.7. The fourth-order valence-corrected chi connectivity index (χ4v) is 8.52. The highest BCUT2D eigenvalue weighted by molar-refractivity contribution is 7.89. The first-order valence-electron chi connectivity index (χ1n) is 15.7. The number of hydrogen-bond donors (Lipinski definition) is 0. The van der Waals surface area contributed by atoms with Crippen LogP contribution in [0.1, 0.15) is 72.7 Å². The molecule has 4 aromatic rings. The normalized spacial score (nSPS) is 19.5. The Balaban J connectivity index is 1.43. The van der Waals surface area contributed by atoms with E-state index in [1.807, 2.05) is 25.1 Å². The summed E-state index contributed by atoms with van der Waals surface area (Å²) in [4.78, 5) is 20.0. The predicted molar refractivity (Wildman–Crippen MR) is 168 cm³/mol. The summed E-state index contributed by atoms with van der Waals surface area (Å²) < 4.78 is 76.9. The highest BCUT2D eigenvalue weighted by atomic mass is 32.2. The Bertz CT molecular complexity index is 1930. The Morgan fingerprint density at radius 2 is 1.91 bits per heavy atom. The SMILES string of the molecule is CCOC(=O)C(C)C(c1ccc(C)c(CN2C[C@@H]3CCCCN3c3ncccc3S2(=O)=O)c1)c1ccn2c(C(F)(F)F)nnc2c1C. The van der Waals surface area contributed by atoms with E-state index in [1.54, 1.807) is 45.2 Å². The van der Waals surface area contributed by atoms with Crippen molar-refractivity contribution in [3.8, 4) is 0 Å². The van der Waals surface area contributed by atoms with E-state index >= 15 is 0 Å². The van der Waals surface area contributed by atoms with Crippen molar-refractivity contribution in [3.63, 3.8) is 0 Å². The number of pyridine rings is 2. The number of nitrogens with zero attached hydrogens (tertiary/aromatic N) is 6. The Hall–Kier alpha value is -4.04. The summed E-state index contributed by atoms with van der Waals surface area (Å²) in [5, 5.41) is 7.23. The number of sulfonamides is 1. The zero-order chi connectivity index (χ0) is 33.7. The van der Waals surface area contributed by atoms with Gasteiger partial charge in [0.1, 0.15) is 10.7 Å². The topological polar surface area (TPSA) is 110 Å². The van der Waals surface area contributed by atoms with Crippen LogP contribution in [0.2, 0.25) is 0 Å². The third-order valence-electron chi connectivity index (χ3n) is 9.38. The van der Waals surface area contributed by atoms with E-state index in [1.165, 1.54) is 10.5 Å². The first kappa shape index (κ1) is 32.9. The predicted octanol–water partition coefficient (Wildman–Crippen LogP) is 5.65. The fourth-order valence-electron chi connectivity index (χ4n) is 6.91. The molecule has 5 heterocycles. The number of piperidine rings is 1. The monoisotopic (exact) mass is 670 g/mol. The summed E-state index contributed by atoms with van der Waals surface area (Å²) in [5.74, 6) is -2.48. The molecule has 0 N–H and O–H groups in total. The van der Waals surface area contributed by atoms with Gasteiger partial charge in [0.05, 0.1) is 12.5 Å². The number of aryl methyl sites for hydroxylation is 2. The van der Waals surface area contributed by atoms with Gasteiger partial charge in [-0.05, 0) is 86.1 Å². The van der Waals surface area contributed by atoms with Gasteiger partial charge in [0.15, 0.2) is 5.65 Å². The molecule has 0 saturated carbocycles. The molecule has 0 bridgehead atoms. The van der Waals surface area contributed by atoms with Gasteiger partial charge >= 0.3 is 12.1 Å². The number of ether oxygens (including phenoxy) is 1. The second-order valence-corrected chi connectivity index (χ2v) is 14.2. The number of hydrogen-bond acceptors (Lipinski definition) is 8. The minimum Gasteiger partial charge on any atom is -0.466 e. The van der Waals surface area contributed by atoms with E-state index < -0.39 is 39.8 Å². The molecule has 1 saturated heterocycles. The maximum atomic E-state index is 14.1. The molecule has 0 amide bonds. The van der Waals surface area contributed by atoms with Crippen LogP contribution in [-0.2, 0) is 32.3 Å². The molecule has 10 nitrogen and oxygen atoms in total. The Kier molecular flexibility index (Phi) is 8.77. The molecule has 3 aromatic heterocycles. The number of fused-ring (bicyclic) bond motifs is 4. The van der Waals surface area contributed by atoms with Crippen molar-refractivity contribution in [2.75, 3.05) is 24.6 Å². The lowest BCUT2D eigenvalue weighted by molar-refractivity contribution is -0.148. The van der Waals surface area contributed by atoms with Gasteiger partial charge in [-0.25, -0.2) is 13.4 Å². The van der Waals surface area contributed by atoms with Crippen LogP contribution in [0.3, 0.4) is 0 Å². The van der Waals surface area contributed by atoms with Gasteiger partial charge in [0.2, 0.25) is 15.8 Å².